The second-order valence-corrected chi connectivity index (χ2v) is 6.87. The van der Waals surface area contributed by atoms with Crippen molar-refractivity contribution in [3.63, 3.8) is 0 Å². The molecule has 6 heteroatoms. The number of ether oxygens (including phenoxy) is 3. The van der Waals surface area contributed by atoms with Gasteiger partial charge in [-0.3, -0.25) is 4.79 Å². The molecular formula is C21H20N2O4. The summed E-state index contributed by atoms with van der Waals surface area (Å²) in [6.45, 7) is 1.67. The highest BCUT2D eigenvalue weighted by atomic mass is 16.7. The van der Waals surface area contributed by atoms with Crippen LogP contribution in [0.3, 0.4) is 0 Å². The van der Waals surface area contributed by atoms with Crippen LogP contribution in [-0.2, 0) is 4.79 Å². The van der Waals surface area contributed by atoms with E-state index in [2.05, 4.69) is 5.32 Å². The van der Waals surface area contributed by atoms with Gasteiger partial charge in [0.25, 0.3) is 11.7 Å². The van der Waals surface area contributed by atoms with Gasteiger partial charge in [-0.25, -0.2) is 0 Å². The number of nitrogens with zero attached hydrogens (tertiary/aromatic N) is 1. The van der Waals surface area contributed by atoms with Crippen LogP contribution in [0.5, 0.6) is 17.2 Å². The lowest BCUT2D eigenvalue weighted by Gasteiger charge is -2.21. The summed E-state index contributed by atoms with van der Waals surface area (Å²) in [4.78, 5) is 12.4. The number of anilines is 1. The van der Waals surface area contributed by atoms with Crippen molar-refractivity contribution in [1.29, 1.82) is 5.26 Å². The zero-order valence-electron chi connectivity index (χ0n) is 15.0. The summed E-state index contributed by atoms with van der Waals surface area (Å²) in [5.41, 5.74) is 1.17. The minimum absolute atomic E-state index is 0.270. The van der Waals surface area contributed by atoms with Crippen molar-refractivity contribution in [2.45, 2.75) is 44.5 Å². The highest BCUT2D eigenvalue weighted by Crippen LogP contribution is 2.47. The fourth-order valence-electron chi connectivity index (χ4n) is 3.40. The van der Waals surface area contributed by atoms with E-state index >= 15 is 0 Å². The lowest BCUT2D eigenvalue weighted by molar-refractivity contribution is -0.122. The van der Waals surface area contributed by atoms with E-state index in [-0.39, 0.29) is 5.91 Å². The smallest absolute Gasteiger partial charge is 0.265 e. The van der Waals surface area contributed by atoms with Gasteiger partial charge in [0.2, 0.25) is 0 Å². The van der Waals surface area contributed by atoms with Crippen LogP contribution in [0.2, 0.25) is 0 Å². The number of hydrogen-bond acceptors (Lipinski definition) is 5. The maximum atomic E-state index is 12.4. The van der Waals surface area contributed by atoms with Gasteiger partial charge in [-0.2, -0.15) is 5.26 Å². The third kappa shape index (κ3) is 3.54. The molecule has 0 bridgehead atoms. The summed E-state index contributed by atoms with van der Waals surface area (Å²) in [7, 11) is 0. The molecule has 2 aromatic carbocycles. The Morgan fingerprint density at radius 2 is 1.85 bits per heavy atom. The second-order valence-electron chi connectivity index (χ2n) is 6.87. The number of hydrogen-bond donors (Lipinski definition) is 1. The first-order chi connectivity index (χ1) is 13.1. The minimum Gasteiger partial charge on any atom is -0.481 e. The summed E-state index contributed by atoms with van der Waals surface area (Å²) >= 11 is 0. The summed E-state index contributed by atoms with van der Waals surface area (Å²) in [6.07, 6.45) is 3.28. The van der Waals surface area contributed by atoms with Gasteiger partial charge >= 0.3 is 0 Å². The predicted molar refractivity (Wildman–Crippen MR) is 98.8 cm³/mol. The summed E-state index contributed by atoms with van der Waals surface area (Å²) in [5, 5.41) is 11.7. The number of carbonyl (C=O) groups excluding carboxylic acids is 1. The number of amides is 1. The van der Waals surface area contributed by atoms with Gasteiger partial charge < -0.3 is 19.5 Å². The Kier molecular flexibility index (Phi) is 4.36. The number of carbonyl (C=O) groups is 1. The van der Waals surface area contributed by atoms with Gasteiger partial charge in [-0.05, 0) is 56.2 Å². The first-order valence-electron chi connectivity index (χ1n) is 9.07. The Morgan fingerprint density at radius 1 is 1.15 bits per heavy atom. The highest BCUT2D eigenvalue weighted by Gasteiger charge is 2.44. The normalized spacial score (nSPS) is 17.3. The third-order valence-electron chi connectivity index (χ3n) is 4.83. The van der Waals surface area contributed by atoms with Crippen LogP contribution >= 0.6 is 0 Å². The van der Waals surface area contributed by atoms with Crippen LogP contribution in [0.1, 0.15) is 38.2 Å². The zero-order chi connectivity index (χ0) is 18.9. The fourth-order valence-corrected chi connectivity index (χ4v) is 3.40. The molecule has 1 atom stereocenters. The summed E-state index contributed by atoms with van der Waals surface area (Å²) < 4.78 is 17.6. The van der Waals surface area contributed by atoms with Crippen molar-refractivity contribution in [1.82, 2.24) is 0 Å². The van der Waals surface area contributed by atoms with Crippen LogP contribution in [0, 0.1) is 11.3 Å². The predicted octanol–water partition coefficient (Wildman–Crippen LogP) is 4.01. The van der Waals surface area contributed by atoms with E-state index in [9.17, 15) is 4.79 Å². The number of nitriles is 1. The molecule has 1 fully saturated rings. The lowest BCUT2D eigenvalue weighted by atomic mass is 10.2. The second kappa shape index (κ2) is 6.84. The van der Waals surface area contributed by atoms with Gasteiger partial charge in [0.1, 0.15) is 5.75 Å². The van der Waals surface area contributed by atoms with E-state index < -0.39 is 11.9 Å². The molecule has 1 aliphatic carbocycles. The largest absolute Gasteiger partial charge is 0.481 e. The van der Waals surface area contributed by atoms with Crippen molar-refractivity contribution < 1.29 is 19.0 Å². The molecule has 1 saturated carbocycles. The highest BCUT2D eigenvalue weighted by molar-refractivity contribution is 5.94. The molecule has 0 aromatic heterocycles. The Labute approximate surface area is 157 Å². The van der Waals surface area contributed by atoms with Gasteiger partial charge in [0.05, 0.1) is 11.6 Å². The average molecular weight is 364 g/mol. The van der Waals surface area contributed by atoms with E-state index in [0.29, 0.717) is 22.7 Å². The van der Waals surface area contributed by atoms with Crippen molar-refractivity contribution in [3.05, 3.63) is 48.0 Å². The molecule has 1 spiro atoms. The maximum Gasteiger partial charge on any atom is 0.265 e. The molecule has 27 heavy (non-hydrogen) atoms. The van der Waals surface area contributed by atoms with Crippen molar-refractivity contribution in [3.8, 4) is 23.3 Å². The van der Waals surface area contributed by atoms with Crippen molar-refractivity contribution in [2.75, 3.05) is 5.32 Å². The van der Waals surface area contributed by atoms with E-state index in [0.717, 1.165) is 31.4 Å². The molecule has 1 N–H and O–H groups in total. The molecule has 0 saturated heterocycles. The summed E-state index contributed by atoms with van der Waals surface area (Å²) in [5.74, 6) is 1.13. The number of fused-ring (bicyclic) bond motifs is 1. The molecule has 1 amide bonds. The van der Waals surface area contributed by atoms with E-state index in [1.165, 1.54) is 0 Å². The van der Waals surface area contributed by atoms with Gasteiger partial charge in [0, 0.05) is 24.6 Å². The molecule has 0 unspecified atom stereocenters. The van der Waals surface area contributed by atoms with Gasteiger partial charge in [0.15, 0.2) is 17.6 Å². The quantitative estimate of drug-likeness (QED) is 0.887. The molecule has 138 valence electrons. The number of rotatable bonds is 4. The van der Waals surface area contributed by atoms with E-state index in [1.807, 2.05) is 12.1 Å². The molecule has 1 heterocycles. The molecule has 0 radical (unpaired) electrons. The Morgan fingerprint density at radius 3 is 2.56 bits per heavy atom. The SMILES string of the molecule is C[C@@H](Oc1ccc(C#N)cc1)C(=O)Nc1ccc2c(c1)OC1(CCCC1)O2. The Hall–Kier alpha value is -3.20. The topological polar surface area (TPSA) is 80.6 Å². The lowest BCUT2D eigenvalue weighted by Crippen LogP contribution is -2.34. The molecule has 2 aliphatic rings. The van der Waals surface area contributed by atoms with Crippen LogP contribution in [-0.4, -0.2) is 17.8 Å². The van der Waals surface area contributed by atoms with Crippen molar-refractivity contribution in [2.24, 2.45) is 0 Å². The minimum atomic E-state index is -0.690. The first-order valence-corrected chi connectivity index (χ1v) is 9.07. The van der Waals surface area contributed by atoms with Crippen molar-refractivity contribution >= 4 is 11.6 Å². The summed E-state index contributed by atoms with van der Waals surface area (Å²) in [6, 6.07) is 14.1. The Bertz CT molecular complexity index is 895. The van der Waals surface area contributed by atoms with E-state index in [4.69, 9.17) is 19.5 Å². The molecule has 2 aromatic rings. The monoisotopic (exact) mass is 364 g/mol. The maximum absolute atomic E-state index is 12.4. The number of nitrogens with one attached hydrogen (secondary N) is 1. The van der Waals surface area contributed by atoms with Crippen LogP contribution in [0.15, 0.2) is 42.5 Å². The zero-order valence-corrected chi connectivity index (χ0v) is 15.0. The van der Waals surface area contributed by atoms with Crippen LogP contribution in [0.4, 0.5) is 5.69 Å². The molecule has 6 nitrogen and oxygen atoms in total. The molecular weight excluding hydrogens is 344 g/mol. The van der Waals surface area contributed by atoms with E-state index in [1.54, 1.807) is 43.3 Å². The Balaban J connectivity index is 1.39. The van der Waals surface area contributed by atoms with Crippen LogP contribution < -0.4 is 19.5 Å². The van der Waals surface area contributed by atoms with Gasteiger partial charge in [-0.1, -0.05) is 0 Å². The molecule has 4 rings (SSSR count). The average Bonchev–Trinajstić information content (AvgIpc) is 3.27. The number of benzene rings is 2. The first kappa shape index (κ1) is 17.2. The molecule has 1 aliphatic heterocycles. The fraction of sp³-hybridized carbons (Fsp3) is 0.333. The third-order valence-corrected chi connectivity index (χ3v) is 4.83. The van der Waals surface area contributed by atoms with Gasteiger partial charge in [-0.15, -0.1) is 0 Å². The standard InChI is InChI=1S/C21H20N2O4/c1-14(25-17-7-4-15(13-22)5-8-17)20(24)23-16-6-9-18-19(12-16)27-21(26-18)10-2-3-11-21/h4-9,12,14H,2-3,10-11H2,1H3,(H,23,24)/t14-/m1/s1. The van der Waals surface area contributed by atoms with Crippen LogP contribution in [0.25, 0.3) is 0 Å².